The van der Waals surface area contributed by atoms with E-state index in [2.05, 4.69) is 11.4 Å². The van der Waals surface area contributed by atoms with Crippen LogP contribution in [0.25, 0.3) is 0 Å². The maximum Gasteiger partial charge on any atom is 0.224 e. The van der Waals surface area contributed by atoms with E-state index in [0.29, 0.717) is 19.6 Å². The molecule has 5 heteroatoms. The fourth-order valence-corrected chi connectivity index (χ4v) is 3.20. The summed E-state index contributed by atoms with van der Waals surface area (Å²) >= 11 is 0. The van der Waals surface area contributed by atoms with Crippen molar-refractivity contribution in [3.8, 4) is 5.75 Å². The number of amides is 1. The third-order valence-electron chi connectivity index (χ3n) is 4.56. The van der Waals surface area contributed by atoms with Crippen molar-refractivity contribution in [3.63, 3.8) is 0 Å². The van der Waals surface area contributed by atoms with E-state index in [9.17, 15) is 4.79 Å². The minimum absolute atomic E-state index is 0.0199. The molecule has 0 aromatic heterocycles. The lowest BCUT2D eigenvalue weighted by molar-refractivity contribution is -0.123. The Hall–Kier alpha value is -1.85. The van der Waals surface area contributed by atoms with Crippen molar-refractivity contribution in [2.45, 2.75) is 50.9 Å². The minimum Gasteiger partial charge on any atom is -0.488 e. The molecule has 2 atom stereocenters. The molecule has 1 saturated heterocycles. The molecule has 1 aromatic rings. The van der Waals surface area contributed by atoms with Gasteiger partial charge in [-0.25, -0.2) is 0 Å². The second-order valence-corrected chi connectivity index (χ2v) is 6.43. The monoisotopic (exact) mass is 331 g/mol. The SMILES string of the molecule is O=C(CC1=CCCC1)N[C@@H]1COCC[C@H]1Oc1ccc(CO)cc1. The van der Waals surface area contributed by atoms with E-state index >= 15 is 0 Å². The number of nitrogens with one attached hydrogen (secondary N) is 1. The Morgan fingerprint density at radius 2 is 2.17 bits per heavy atom. The number of ether oxygens (including phenoxy) is 2. The largest absolute Gasteiger partial charge is 0.488 e. The Kier molecular flexibility index (Phi) is 5.88. The van der Waals surface area contributed by atoms with E-state index in [1.165, 1.54) is 5.57 Å². The molecular weight excluding hydrogens is 306 g/mol. The van der Waals surface area contributed by atoms with Crippen LogP contribution in [0.2, 0.25) is 0 Å². The number of allylic oxidation sites excluding steroid dienone is 1. The van der Waals surface area contributed by atoms with Gasteiger partial charge in [-0.2, -0.15) is 0 Å². The zero-order valence-electron chi connectivity index (χ0n) is 13.9. The fourth-order valence-electron chi connectivity index (χ4n) is 3.20. The van der Waals surface area contributed by atoms with Crippen LogP contribution in [0.3, 0.4) is 0 Å². The lowest BCUT2D eigenvalue weighted by Crippen LogP contribution is -2.51. The predicted molar refractivity (Wildman–Crippen MR) is 90.7 cm³/mol. The third-order valence-corrected chi connectivity index (χ3v) is 4.56. The van der Waals surface area contributed by atoms with Gasteiger partial charge in [0.05, 0.1) is 25.9 Å². The number of aliphatic hydroxyl groups excluding tert-OH is 1. The van der Waals surface area contributed by atoms with Crippen LogP contribution in [-0.2, 0) is 16.1 Å². The van der Waals surface area contributed by atoms with Gasteiger partial charge in [0, 0.05) is 12.8 Å². The van der Waals surface area contributed by atoms with Gasteiger partial charge in [-0.1, -0.05) is 23.8 Å². The maximum absolute atomic E-state index is 12.3. The standard InChI is InChI=1S/C19H25NO4/c21-12-15-5-7-16(8-6-15)24-18-9-10-23-13-17(18)20-19(22)11-14-3-1-2-4-14/h3,5-8,17-18,21H,1-2,4,9-13H2,(H,20,22)/t17-,18-/m1/s1. The molecule has 2 aliphatic rings. The molecule has 1 aliphatic carbocycles. The van der Waals surface area contributed by atoms with Crippen LogP contribution in [0.4, 0.5) is 0 Å². The maximum atomic E-state index is 12.3. The van der Waals surface area contributed by atoms with Crippen molar-refractivity contribution in [1.82, 2.24) is 5.32 Å². The van der Waals surface area contributed by atoms with Crippen LogP contribution < -0.4 is 10.1 Å². The fraction of sp³-hybridized carbons (Fsp3) is 0.526. The predicted octanol–water partition coefficient (Wildman–Crippen LogP) is 2.33. The first-order valence-corrected chi connectivity index (χ1v) is 8.66. The Labute approximate surface area is 142 Å². The summed E-state index contributed by atoms with van der Waals surface area (Å²) in [7, 11) is 0. The second kappa shape index (κ2) is 8.31. The molecule has 0 unspecified atom stereocenters. The van der Waals surface area contributed by atoms with Gasteiger partial charge in [0.2, 0.25) is 5.91 Å². The van der Waals surface area contributed by atoms with Crippen molar-refractivity contribution in [2.75, 3.05) is 13.2 Å². The number of hydrogen-bond donors (Lipinski definition) is 2. The number of hydrogen-bond acceptors (Lipinski definition) is 4. The average Bonchev–Trinajstić information content (AvgIpc) is 3.10. The smallest absolute Gasteiger partial charge is 0.224 e. The Balaban J connectivity index is 1.56. The highest BCUT2D eigenvalue weighted by atomic mass is 16.5. The van der Waals surface area contributed by atoms with Gasteiger partial charge in [0.25, 0.3) is 0 Å². The van der Waals surface area contributed by atoms with Gasteiger partial charge >= 0.3 is 0 Å². The van der Waals surface area contributed by atoms with E-state index in [1.807, 2.05) is 24.3 Å². The summed E-state index contributed by atoms with van der Waals surface area (Å²) in [4.78, 5) is 12.3. The molecule has 3 rings (SSSR count). The zero-order chi connectivity index (χ0) is 16.8. The van der Waals surface area contributed by atoms with Crippen molar-refractivity contribution in [1.29, 1.82) is 0 Å². The van der Waals surface area contributed by atoms with Crippen LogP contribution in [0.1, 0.15) is 37.7 Å². The van der Waals surface area contributed by atoms with Crippen molar-refractivity contribution < 1.29 is 19.4 Å². The first-order valence-electron chi connectivity index (χ1n) is 8.66. The normalized spacial score (nSPS) is 23.6. The number of benzene rings is 1. The molecule has 1 aliphatic heterocycles. The van der Waals surface area contributed by atoms with E-state index in [0.717, 1.165) is 37.0 Å². The van der Waals surface area contributed by atoms with Crippen LogP contribution in [-0.4, -0.2) is 36.4 Å². The number of carbonyl (C=O) groups is 1. The summed E-state index contributed by atoms with van der Waals surface area (Å²) in [5.41, 5.74) is 2.09. The summed E-state index contributed by atoms with van der Waals surface area (Å²) in [5, 5.41) is 12.2. The highest BCUT2D eigenvalue weighted by Crippen LogP contribution is 2.22. The van der Waals surface area contributed by atoms with Gasteiger partial charge < -0.3 is 19.9 Å². The topological polar surface area (TPSA) is 67.8 Å². The Morgan fingerprint density at radius 3 is 2.88 bits per heavy atom. The van der Waals surface area contributed by atoms with Crippen LogP contribution in [0, 0.1) is 0 Å². The molecule has 130 valence electrons. The summed E-state index contributed by atoms with van der Waals surface area (Å²) in [5.74, 6) is 0.791. The van der Waals surface area contributed by atoms with Crippen molar-refractivity contribution in [3.05, 3.63) is 41.5 Å². The summed E-state index contributed by atoms with van der Waals surface area (Å²) in [6, 6.07) is 7.25. The molecule has 1 amide bonds. The molecule has 2 N–H and O–H groups in total. The molecule has 0 saturated carbocycles. The molecule has 24 heavy (non-hydrogen) atoms. The minimum atomic E-state index is -0.134. The molecule has 5 nitrogen and oxygen atoms in total. The number of carbonyl (C=O) groups excluding carboxylic acids is 1. The van der Waals surface area contributed by atoms with Crippen molar-refractivity contribution in [2.24, 2.45) is 0 Å². The number of rotatable bonds is 6. The molecule has 1 heterocycles. The van der Waals surface area contributed by atoms with Gasteiger partial charge in [-0.3, -0.25) is 4.79 Å². The van der Waals surface area contributed by atoms with Gasteiger partial charge in [0.1, 0.15) is 11.9 Å². The zero-order valence-corrected chi connectivity index (χ0v) is 13.9. The molecule has 1 aromatic carbocycles. The molecule has 0 bridgehead atoms. The summed E-state index contributed by atoms with van der Waals surface area (Å²) in [6.45, 7) is 1.13. The second-order valence-electron chi connectivity index (χ2n) is 6.43. The van der Waals surface area contributed by atoms with Crippen molar-refractivity contribution >= 4 is 5.91 Å². The van der Waals surface area contributed by atoms with Crippen LogP contribution in [0.5, 0.6) is 5.75 Å². The average molecular weight is 331 g/mol. The van der Waals surface area contributed by atoms with Crippen LogP contribution >= 0.6 is 0 Å². The molecule has 0 radical (unpaired) electrons. The third kappa shape index (κ3) is 4.58. The molecule has 1 fully saturated rings. The van der Waals surface area contributed by atoms with Crippen LogP contribution in [0.15, 0.2) is 35.9 Å². The summed E-state index contributed by atoms with van der Waals surface area (Å²) in [6.07, 6.45) is 6.58. The molecular formula is C19H25NO4. The van der Waals surface area contributed by atoms with E-state index in [-0.39, 0.29) is 24.7 Å². The lowest BCUT2D eigenvalue weighted by atomic mass is 10.1. The lowest BCUT2D eigenvalue weighted by Gasteiger charge is -2.32. The number of aliphatic hydroxyl groups is 1. The van der Waals surface area contributed by atoms with E-state index in [1.54, 1.807) is 0 Å². The Bertz CT molecular complexity index is 582. The van der Waals surface area contributed by atoms with Gasteiger partial charge in [-0.15, -0.1) is 0 Å². The molecule has 0 spiro atoms. The quantitative estimate of drug-likeness (QED) is 0.785. The first kappa shape index (κ1) is 17.0. The van der Waals surface area contributed by atoms with E-state index < -0.39 is 0 Å². The van der Waals surface area contributed by atoms with Gasteiger partial charge in [-0.05, 0) is 37.0 Å². The highest BCUT2D eigenvalue weighted by Gasteiger charge is 2.29. The van der Waals surface area contributed by atoms with Gasteiger partial charge in [0.15, 0.2) is 0 Å². The Morgan fingerprint density at radius 1 is 1.33 bits per heavy atom. The highest BCUT2D eigenvalue weighted by molar-refractivity contribution is 5.79. The first-order chi connectivity index (χ1) is 11.7. The van der Waals surface area contributed by atoms with E-state index in [4.69, 9.17) is 14.6 Å². The summed E-state index contributed by atoms with van der Waals surface area (Å²) < 4.78 is 11.6.